The summed E-state index contributed by atoms with van der Waals surface area (Å²) in [6, 6.07) is 4.23. The highest BCUT2D eigenvalue weighted by Gasteiger charge is 2.22. The largest absolute Gasteiger partial charge is 0.308 e. The number of aromatic nitrogens is 1. The summed E-state index contributed by atoms with van der Waals surface area (Å²) in [6.45, 7) is 6.48. The summed E-state index contributed by atoms with van der Waals surface area (Å²) in [5, 5.41) is 0.696. The second-order valence-electron chi connectivity index (χ2n) is 5.35. The molecule has 1 aromatic heterocycles. The van der Waals surface area contributed by atoms with Crippen molar-refractivity contribution in [3.05, 3.63) is 22.8 Å². The van der Waals surface area contributed by atoms with Crippen LogP contribution in [0.1, 0.15) is 25.5 Å². The van der Waals surface area contributed by atoms with Crippen molar-refractivity contribution in [2.45, 2.75) is 32.4 Å². The number of hydrogen-bond donors (Lipinski definition) is 2. The van der Waals surface area contributed by atoms with E-state index in [0.717, 1.165) is 18.8 Å². The molecule has 112 valence electrons. The molecule has 6 heteroatoms. The molecule has 0 saturated carbocycles. The number of rotatable bonds is 5. The number of hydrogen-bond acceptors (Lipinski definition) is 5. The van der Waals surface area contributed by atoms with Gasteiger partial charge < -0.3 is 10.3 Å². The number of nitrogens with zero attached hydrogens (tertiary/aromatic N) is 3. The highest BCUT2D eigenvalue weighted by atomic mass is 35.5. The van der Waals surface area contributed by atoms with Gasteiger partial charge in [-0.05, 0) is 51.7 Å². The fourth-order valence-corrected chi connectivity index (χ4v) is 2.88. The van der Waals surface area contributed by atoms with E-state index in [1.807, 2.05) is 6.07 Å². The fraction of sp³-hybridized carbons (Fsp3) is 0.643. The summed E-state index contributed by atoms with van der Waals surface area (Å²) in [6.07, 6.45) is 2.41. The van der Waals surface area contributed by atoms with Crippen molar-refractivity contribution < 1.29 is 0 Å². The van der Waals surface area contributed by atoms with Crippen LogP contribution in [0.4, 0.5) is 5.82 Å². The highest BCUT2D eigenvalue weighted by Crippen LogP contribution is 2.21. The first kappa shape index (κ1) is 15.5. The Morgan fingerprint density at radius 1 is 1.45 bits per heavy atom. The van der Waals surface area contributed by atoms with E-state index < -0.39 is 0 Å². The first-order valence-electron chi connectivity index (χ1n) is 7.18. The van der Waals surface area contributed by atoms with E-state index in [0.29, 0.717) is 16.9 Å². The molecule has 0 atom stereocenters. The molecule has 0 aliphatic carbocycles. The zero-order chi connectivity index (χ0) is 14.5. The predicted octanol–water partition coefficient (Wildman–Crippen LogP) is 1.94. The average Bonchev–Trinajstić information content (AvgIpc) is 2.49. The molecule has 0 bridgehead atoms. The van der Waals surface area contributed by atoms with Crippen LogP contribution in [0.2, 0.25) is 5.02 Å². The fourth-order valence-electron chi connectivity index (χ4n) is 2.72. The Hall–Kier alpha value is -0.880. The number of pyridine rings is 1. The first-order valence-corrected chi connectivity index (χ1v) is 7.56. The SMILES string of the molecule is CCN1CCC(N(C)Cc2nc(NN)ccc2Cl)CC1. The van der Waals surface area contributed by atoms with Crippen molar-refractivity contribution in [3.8, 4) is 0 Å². The summed E-state index contributed by atoms with van der Waals surface area (Å²) in [5.41, 5.74) is 3.44. The van der Waals surface area contributed by atoms with Gasteiger partial charge in [0.15, 0.2) is 0 Å². The van der Waals surface area contributed by atoms with E-state index in [2.05, 4.69) is 34.2 Å². The minimum atomic E-state index is 0.602. The molecular formula is C14H24ClN5. The molecule has 1 aliphatic heterocycles. The van der Waals surface area contributed by atoms with Crippen LogP contribution in [0.3, 0.4) is 0 Å². The van der Waals surface area contributed by atoms with Gasteiger partial charge in [0.25, 0.3) is 0 Å². The van der Waals surface area contributed by atoms with Gasteiger partial charge in [0.05, 0.1) is 10.7 Å². The molecule has 20 heavy (non-hydrogen) atoms. The van der Waals surface area contributed by atoms with Gasteiger partial charge in [-0.2, -0.15) is 0 Å². The Morgan fingerprint density at radius 3 is 2.75 bits per heavy atom. The van der Waals surface area contributed by atoms with Gasteiger partial charge in [0.2, 0.25) is 0 Å². The van der Waals surface area contributed by atoms with Gasteiger partial charge in [-0.1, -0.05) is 18.5 Å². The molecule has 0 spiro atoms. The summed E-state index contributed by atoms with van der Waals surface area (Å²) in [5.74, 6) is 6.05. The summed E-state index contributed by atoms with van der Waals surface area (Å²) in [7, 11) is 2.15. The molecule has 0 aromatic carbocycles. The highest BCUT2D eigenvalue weighted by molar-refractivity contribution is 6.31. The molecule has 1 saturated heterocycles. The second-order valence-corrected chi connectivity index (χ2v) is 5.76. The molecule has 1 aromatic rings. The normalized spacial score (nSPS) is 17.6. The van der Waals surface area contributed by atoms with E-state index in [1.54, 1.807) is 6.07 Å². The maximum absolute atomic E-state index is 6.22. The lowest BCUT2D eigenvalue weighted by atomic mass is 10.0. The van der Waals surface area contributed by atoms with Gasteiger partial charge in [-0.3, -0.25) is 4.90 Å². The van der Waals surface area contributed by atoms with Crippen molar-refractivity contribution in [1.29, 1.82) is 0 Å². The number of nitrogens with two attached hydrogens (primary N) is 1. The maximum atomic E-state index is 6.22. The van der Waals surface area contributed by atoms with E-state index in [-0.39, 0.29) is 0 Å². The molecule has 1 aliphatic rings. The third kappa shape index (κ3) is 3.82. The van der Waals surface area contributed by atoms with Gasteiger partial charge >= 0.3 is 0 Å². The number of nitrogens with one attached hydrogen (secondary N) is 1. The third-order valence-electron chi connectivity index (χ3n) is 4.09. The molecule has 2 rings (SSSR count). The van der Waals surface area contributed by atoms with E-state index in [9.17, 15) is 0 Å². The van der Waals surface area contributed by atoms with Crippen LogP contribution < -0.4 is 11.3 Å². The van der Waals surface area contributed by atoms with E-state index in [4.69, 9.17) is 17.4 Å². The molecule has 3 N–H and O–H groups in total. The number of anilines is 1. The van der Waals surface area contributed by atoms with Crippen LogP contribution in [-0.4, -0.2) is 47.5 Å². The summed E-state index contributed by atoms with van der Waals surface area (Å²) < 4.78 is 0. The Balaban J connectivity index is 1.96. The third-order valence-corrected chi connectivity index (χ3v) is 4.44. The minimum absolute atomic E-state index is 0.602. The summed E-state index contributed by atoms with van der Waals surface area (Å²) in [4.78, 5) is 9.28. The first-order chi connectivity index (χ1) is 9.63. The number of piperidine rings is 1. The zero-order valence-electron chi connectivity index (χ0n) is 12.3. The minimum Gasteiger partial charge on any atom is -0.308 e. The number of nitrogen functional groups attached to an aromatic ring is 1. The average molecular weight is 298 g/mol. The number of hydrazine groups is 1. The van der Waals surface area contributed by atoms with Gasteiger partial charge in [-0.25, -0.2) is 10.8 Å². The predicted molar refractivity (Wildman–Crippen MR) is 83.7 cm³/mol. The smallest absolute Gasteiger partial charge is 0.140 e. The number of likely N-dealkylation sites (tertiary alicyclic amines) is 1. The van der Waals surface area contributed by atoms with Gasteiger partial charge in [0.1, 0.15) is 5.82 Å². The molecule has 0 unspecified atom stereocenters. The molecule has 1 fully saturated rings. The van der Waals surface area contributed by atoms with Crippen LogP contribution in [0.15, 0.2) is 12.1 Å². The molecule has 2 heterocycles. The van der Waals surface area contributed by atoms with Crippen LogP contribution >= 0.6 is 11.6 Å². The summed E-state index contributed by atoms with van der Waals surface area (Å²) >= 11 is 6.22. The van der Waals surface area contributed by atoms with Crippen LogP contribution in [0.25, 0.3) is 0 Å². The molecule has 0 radical (unpaired) electrons. The lowest BCUT2D eigenvalue weighted by molar-refractivity contribution is 0.126. The van der Waals surface area contributed by atoms with Crippen molar-refractivity contribution in [2.24, 2.45) is 5.84 Å². The zero-order valence-corrected chi connectivity index (χ0v) is 13.0. The van der Waals surface area contributed by atoms with Crippen molar-refractivity contribution in [1.82, 2.24) is 14.8 Å². The van der Waals surface area contributed by atoms with Crippen LogP contribution in [0, 0.1) is 0 Å². The van der Waals surface area contributed by atoms with Gasteiger partial charge in [0, 0.05) is 12.6 Å². The Kier molecular flexibility index (Phi) is 5.60. The topological polar surface area (TPSA) is 57.4 Å². The Bertz CT molecular complexity index is 432. The molecule has 5 nitrogen and oxygen atoms in total. The lowest BCUT2D eigenvalue weighted by Gasteiger charge is -2.36. The van der Waals surface area contributed by atoms with Crippen LogP contribution in [0.5, 0.6) is 0 Å². The maximum Gasteiger partial charge on any atom is 0.140 e. The Labute approximate surface area is 126 Å². The van der Waals surface area contributed by atoms with E-state index >= 15 is 0 Å². The standard InChI is InChI=1S/C14H24ClN5/c1-3-20-8-6-11(7-9-20)19(2)10-13-12(15)4-5-14(17-13)18-16/h4-5,11H,3,6-10,16H2,1-2H3,(H,17,18). The van der Waals surface area contributed by atoms with Crippen molar-refractivity contribution >= 4 is 17.4 Å². The second kappa shape index (κ2) is 7.22. The monoisotopic (exact) mass is 297 g/mol. The number of halogens is 1. The van der Waals surface area contributed by atoms with E-state index in [1.165, 1.54) is 25.9 Å². The van der Waals surface area contributed by atoms with Crippen LogP contribution in [-0.2, 0) is 6.54 Å². The quantitative estimate of drug-likeness (QED) is 0.642. The molecule has 0 amide bonds. The Morgan fingerprint density at radius 2 is 2.15 bits per heavy atom. The lowest BCUT2D eigenvalue weighted by Crippen LogP contribution is -2.43. The van der Waals surface area contributed by atoms with Crippen molar-refractivity contribution in [2.75, 3.05) is 32.1 Å². The molecular weight excluding hydrogens is 274 g/mol. The van der Waals surface area contributed by atoms with Gasteiger partial charge in [-0.15, -0.1) is 0 Å². The van der Waals surface area contributed by atoms with Crippen molar-refractivity contribution in [3.63, 3.8) is 0 Å².